The maximum Gasteiger partial charge on any atom is 0.331 e. The molecule has 10 atom stereocenters. The molecule has 17 heteroatoms. The Balaban J connectivity index is 1.36. The zero-order chi connectivity index (χ0) is 38.1. The number of phenols is 4. The Labute approximate surface area is 299 Å². The fourth-order valence-corrected chi connectivity index (χ4v) is 5.87. The molecule has 3 heterocycles. The SMILES string of the molecule is C[C@@H]1O[C@@H](OC[C@H]2O[C@@H](Oc3c(-c4ccc(O)c(O)c4)oc4cc(O)cc(O)c4c3=O)[C@H](O)[C@@H](OC(=O)/C=C/c3ccccc3)[C@@H]2O)[C@H](O)[C@H](O)[C@H]1O. The first-order valence-corrected chi connectivity index (χ1v) is 16.2. The van der Waals surface area contributed by atoms with E-state index < -0.39 is 119 Å². The highest BCUT2D eigenvalue weighted by atomic mass is 16.7. The van der Waals surface area contributed by atoms with Crippen LogP contribution in [0.4, 0.5) is 0 Å². The van der Waals surface area contributed by atoms with Gasteiger partial charge in [-0.2, -0.15) is 0 Å². The standard InChI is InChI=1S/C36H36O17/c1-15-26(42)29(45)30(46)35(49-15)48-14-23-27(43)33(52-24(41)10-7-16-5-3-2-4-6-16)31(47)36(51-23)53-34-28(44)25-21(40)12-18(37)13-22(25)50-32(34)17-8-9-19(38)20(39)11-17/h2-13,15,23,26-27,29-31,33,35-40,42-43,45-47H,14H2,1H3/b10-7+/t15-,23+,26-,27+,29+,30+,31+,33-,35+,36-/m0/s1. The van der Waals surface area contributed by atoms with Gasteiger partial charge in [0.2, 0.25) is 17.5 Å². The number of hydrogen-bond acceptors (Lipinski definition) is 17. The van der Waals surface area contributed by atoms with Gasteiger partial charge >= 0.3 is 5.97 Å². The first-order chi connectivity index (χ1) is 25.2. The molecule has 0 bridgehead atoms. The topological polar surface area (TPSA) is 275 Å². The number of fused-ring (bicyclic) bond motifs is 1. The fraction of sp³-hybridized carbons (Fsp3) is 0.333. The third-order valence-electron chi connectivity index (χ3n) is 8.73. The minimum absolute atomic E-state index is 0.0605. The van der Waals surface area contributed by atoms with Crippen LogP contribution in [-0.4, -0.2) is 120 Å². The molecule has 0 spiro atoms. The van der Waals surface area contributed by atoms with Crippen LogP contribution in [0.3, 0.4) is 0 Å². The molecule has 3 aromatic carbocycles. The highest BCUT2D eigenvalue weighted by Gasteiger charge is 2.50. The van der Waals surface area contributed by atoms with Crippen molar-refractivity contribution < 1.29 is 78.9 Å². The molecule has 1 aromatic heterocycles. The second kappa shape index (κ2) is 15.4. The normalized spacial score (nSPS) is 28.9. The van der Waals surface area contributed by atoms with Crippen molar-refractivity contribution in [1.29, 1.82) is 0 Å². The Morgan fingerprint density at radius 2 is 1.53 bits per heavy atom. The van der Waals surface area contributed by atoms with Crippen molar-refractivity contribution in [3.05, 3.63) is 82.5 Å². The second-order valence-electron chi connectivity index (χ2n) is 12.4. The van der Waals surface area contributed by atoms with Crippen LogP contribution in [0.2, 0.25) is 0 Å². The lowest BCUT2D eigenvalue weighted by Crippen LogP contribution is -2.62. The smallest absolute Gasteiger partial charge is 0.331 e. The lowest BCUT2D eigenvalue weighted by molar-refractivity contribution is -0.319. The summed E-state index contributed by atoms with van der Waals surface area (Å²) in [6.45, 7) is 0.754. The Hall–Kier alpha value is -5.24. The van der Waals surface area contributed by atoms with Gasteiger partial charge in [-0.3, -0.25) is 4.79 Å². The van der Waals surface area contributed by atoms with E-state index in [4.69, 9.17) is 28.1 Å². The molecule has 2 aliphatic rings. The molecule has 4 aromatic rings. The van der Waals surface area contributed by atoms with Crippen LogP contribution in [0.1, 0.15) is 12.5 Å². The molecule has 53 heavy (non-hydrogen) atoms. The molecule has 0 radical (unpaired) electrons. The minimum Gasteiger partial charge on any atom is -0.508 e. The number of carbonyl (C=O) groups excluding carboxylic acids is 1. The van der Waals surface area contributed by atoms with Gasteiger partial charge in [0.15, 0.2) is 35.8 Å². The lowest BCUT2D eigenvalue weighted by atomic mass is 9.98. The molecule has 2 aliphatic heterocycles. The summed E-state index contributed by atoms with van der Waals surface area (Å²) in [5.74, 6) is -4.50. The van der Waals surface area contributed by atoms with E-state index in [1.165, 1.54) is 19.1 Å². The van der Waals surface area contributed by atoms with E-state index in [0.717, 1.165) is 30.3 Å². The largest absolute Gasteiger partial charge is 0.508 e. The van der Waals surface area contributed by atoms with E-state index >= 15 is 0 Å². The number of esters is 1. The van der Waals surface area contributed by atoms with Gasteiger partial charge in [0.1, 0.15) is 53.0 Å². The molecule has 2 fully saturated rings. The van der Waals surface area contributed by atoms with Crippen molar-refractivity contribution in [2.24, 2.45) is 0 Å². The van der Waals surface area contributed by atoms with Crippen molar-refractivity contribution >= 4 is 23.0 Å². The first kappa shape index (κ1) is 37.5. The third-order valence-corrected chi connectivity index (χ3v) is 8.73. The predicted molar refractivity (Wildman–Crippen MR) is 180 cm³/mol. The minimum atomic E-state index is -2.03. The van der Waals surface area contributed by atoms with E-state index in [1.54, 1.807) is 30.3 Å². The number of benzene rings is 3. The molecule has 6 rings (SSSR count). The van der Waals surface area contributed by atoms with Crippen LogP contribution >= 0.6 is 0 Å². The summed E-state index contributed by atoms with van der Waals surface area (Å²) in [6, 6.07) is 13.9. The van der Waals surface area contributed by atoms with Crippen LogP contribution < -0.4 is 10.2 Å². The third kappa shape index (κ3) is 7.78. The average Bonchev–Trinajstić information content (AvgIpc) is 3.13. The number of carbonyl (C=O) groups is 1. The maximum atomic E-state index is 13.9. The van der Waals surface area contributed by atoms with Crippen molar-refractivity contribution in [3.63, 3.8) is 0 Å². The molecule has 0 aliphatic carbocycles. The Morgan fingerprint density at radius 1 is 0.792 bits per heavy atom. The number of phenolic OH excluding ortho intramolecular Hbond substituents is 4. The summed E-state index contributed by atoms with van der Waals surface area (Å²) in [7, 11) is 0. The van der Waals surface area contributed by atoms with Crippen LogP contribution in [0.15, 0.2) is 76.0 Å². The molecule has 2 saturated heterocycles. The van der Waals surface area contributed by atoms with Gasteiger partial charge < -0.3 is 74.1 Å². The maximum absolute atomic E-state index is 13.9. The van der Waals surface area contributed by atoms with Crippen molar-refractivity contribution in [1.82, 2.24) is 0 Å². The van der Waals surface area contributed by atoms with Crippen LogP contribution in [-0.2, 0) is 23.7 Å². The van der Waals surface area contributed by atoms with E-state index in [1.807, 2.05) is 0 Å². The monoisotopic (exact) mass is 740 g/mol. The van der Waals surface area contributed by atoms with Gasteiger partial charge in [-0.25, -0.2) is 4.79 Å². The zero-order valence-corrected chi connectivity index (χ0v) is 27.7. The number of ether oxygens (including phenoxy) is 5. The summed E-state index contributed by atoms with van der Waals surface area (Å²) in [5.41, 5.74) is -0.806. The second-order valence-corrected chi connectivity index (χ2v) is 12.4. The predicted octanol–water partition coefficient (Wildman–Crippen LogP) is 0.577. The molecule has 282 valence electrons. The van der Waals surface area contributed by atoms with Gasteiger partial charge in [0.05, 0.1) is 12.7 Å². The van der Waals surface area contributed by atoms with Crippen molar-refractivity contribution in [3.8, 4) is 40.1 Å². The summed E-state index contributed by atoms with van der Waals surface area (Å²) < 4.78 is 34.1. The number of rotatable bonds is 9. The molecular formula is C36H36O17. The molecule has 9 N–H and O–H groups in total. The molecular weight excluding hydrogens is 704 g/mol. The molecule has 0 amide bonds. The van der Waals surface area contributed by atoms with Crippen LogP contribution in [0.5, 0.6) is 28.7 Å². The number of aromatic hydroxyl groups is 4. The van der Waals surface area contributed by atoms with E-state index in [9.17, 15) is 55.5 Å². The van der Waals surface area contributed by atoms with E-state index in [0.29, 0.717) is 5.56 Å². The summed E-state index contributed by atoms with van der Waals surface area (Å²) in [5, 5.41) is 93.7. The van der Waals surface area contributed by atoms with Gasteiger partial charge in [-0.1, -0.05) is 30.3 Å². The Bertz CT molecular complexity index is 2030. The Kier molecular flexibility index (Phi) is 10.9. The summed E-state index contributed by atoms with van der Waals surface area (Å²) >= 11 is 0. The zero-order valence-electron chi connectivity index (χ0n) is 27.7. The quantitative estimate of drug-likeness (QED) is 0.0645. The average molecular weight is 741 g/mol. The van der Waals surface area contributed by atoms with E-state index in [-0.39, 0.29) is 11.1 Å². The summed E-state index contributed by atoms with van der Waals surface area (Å²) in [6.07, 6.45) is -14.1. The highest BCUT2D eigenvalue weighted by Crippen LogP contribution is 2.39. The molecule has 0 unspecified atom stereocenters. The molecule has 17 nitrogen and oxygen atoms in total. The highest BCUT2D eigenvalue weighted by molar-refractivity contribution is 5.88. The number of hydrogen-bond donors (Lipinski definition) is 9. The van der Waals surface area contributed by atoms with Gasteiger partial charge in [-0.05, 0) is 36.8 Å². The van der Waals surface area contributed by atoms with Gasteiger partial charge in [-0.15, -0.1) is 0 Å². The van der Waals surface area contributed by atoms with Gasteiger partial charge in [0.25, 0.3) is 0 Å². The number of aliphatic hydroxyl groups is 5. The summed E-state index contributed by atoms with van der Waals surface area (Å²) in [4.78, 5) is 26.9. The first-order valence-electron chi connectivity index (χ1n) is 16.2. The van der Waals surface area contributed by atoms with Crippen LogP contribution in [0.25, 0.3) is 28.4 Å². The van der Waals surface area contributed by atoms with Crippen molar-refractivity contribution in [2.45, 2.75) is 68.3 Å². The fourth-order valence-electron chi connectivity index (χ4n) is 5.87. The lowest BCUT2D eigenvalue weighted by Gasteiger charge is -2.43. The number of aliphatic hydroxyl groups excluding tert-OH is 5. The molecule has 0 saturated carbocycles. The van der Waals surface area contributed by atoms with Crippen molar-refractivity contribution in [2.75, 3.05) is 6.61 Å². The van der Waals surface area contributed by atoms with E-state index in [2.05, 4.69) is 0 Å². The van der Waals surface area contributed by atoms with Crippen LogP contribution in [0, 0.1) is 0 Å². The van der Waals surface area contributed by atoms with Gasteiger partial charge in [0, 0.05) is 23.8 Å². The Morgan fingerprint density at radius 3 is 2.25 bits per heavy atom.